The quantitative estimate of drug-likeness (QED) is 0.380. The Hall–Kier alpha value is -2.78. The van der Waals surface area contributed by atoms with Crippen LogP contribution in [0.5, 0.6) is 0 Å². The lowest BCUT2D eigenvalue weighted by molar-refractivity contribution is 0.920. The monoisotopic (exact) mass is 417 g/mol. The van der Waals surface area contributed by atoms with Crippen LogP contribution >= 0.6 is 11.6 Å². The summed E-state index contributed by atoms with van der Waals surface area (Å²) in [6.45, 7) is 10.3. The summed E-state index contributed by atoms with van der Waals surface area (Å²) in [5.74, 6) is 0. The van der Waals surface area contributed by atoms with Crippen LogP contribution in [0.4, 0.5) is 11.4 Å². The average molecular weight is 418 g/mol. The molecule has 0 N–H and O–H groups in total. The second-order valence-electron chi connectivity index (χ2n) is 7.54. The van der Waals surface area contributed by atoms with Gasteiger partial charge in [0.1, 0.15) is 0 Å². The maximum atomic E-state index is 6.34. The van der Waals surface area contributed by atoms with E-state index in [1.54, 1.807) is 0 Å². The molecule has 0 aliphatic carbocycles. The Balaban J connectivity index is 1.98. The fourth-order valence-electron chi connectivity index (χ4n) is 3.40. The molecule has 0 unspecified atom stereocenters. The van der Waals surface area contributed by atoms with Crippen molar-refractivity contribution in [3.05, 3.63) is 87.7 Å². The zero-order chi connectivity index (χ0) is 21.7. The largest absolute Gasteiger partial charge is 0.251 e. The van der Waals surface area contributed by atoms with Crippen LogP contribution in [0, 0.1) is 13.8 Å². The number of para-hydroxylation sites is 2. The van der Waals surface area contributed by atoms with Gasteiger partial charge in [-0.15, -0.1) is 0 Å². The van der Waals surface area contributed by atoms with Gasteiger partial charge in [-0.05, 0) is 69.0 Å². The van der Waals surface area contributed by atoms with Crippen molar-refractivity contribution in [2.75, 3.05) is 0 Å². The van der Waals surface area contributed by atoms with Gasteiger partial charge >= 0.3 is 0 Å². The van der Waals surface area contributed by atoms with E-state index in [-0.39, 0.29) is 0 Å². The fourth-order valence-corrected chi connectivity index (χ4v) is 3.67. The highest BCUT2D eigenvalue weighted by molar-refractivity contribution is 6.33. The van der Waals surface area contributed by atoms with Gasteiger partial charge in [0.25, 0.3) is 0 Å². The first-order valence-corrected chi connectivity index (χ1v) is 10.7. The zero-order valence-electron chi connectivity index (χ0n) is 18.3. The van der Waals surface area contributed by atoms with Crippen LogP contribution in [0.1, 0.15) is 55.3 Å². The van der Waals surface area contributed by atoms with Crippen molar-refractivity contribution in [2.45, 2.75) is 47.5 Å². The molecule has 1 aromatic heterocycles. The number of hydrogen-bond acceptors (Lipinski definition) is 3. The van der Waals surface area contributed by atoms with Gasteiger partial charge in [0.2, 0.25) is 0 Å². The maximum absolute atomic E-state index is 6.34. The first kappa shape index (κ1) is 21.9. The summed E-state index contributed by atoms with van der Waals surface area (Å²) in [5.41, 5.74) is 8.74. The minimum atomic E-state index is 0.645. The molecule has 3 aromatic rings. The number of nitrogens with zero attached hydrogens (tertiary/aromatic N) is 3. The summed E-state index contributed by atoms with van der Waals surface area (Å²) in [6.07, 6.45) is 2.11. The predicted molar refractivity (Wildman–Crippen MR) is 129 cm³/mol. The third-order valence-corrected chi connectivity index (χ3v) is 5.38. The van der Waals surface area contributed by atoms with Crippen molar-refractivity contribution in [3.63, 3.8) is 0 Å². The summed E-state index contributed by atoms with van der Waals surface area (Å²) in [7, 11) is 0. The lowest BCUT2D eigenvalue weighted by Gasteiger charge is -2.10. The van der Waals surface area contributed by atoms with Gasteiger partial charge < -0.3 is 0 Å². The Bertz CT molecular complexity index is 1090. The number of benzene rings is 2. The molecule has 2 aromatic carbocycles. The van der Waals surface area contributed by atoms with Crippen LogP contribution < -0.4 is 0 Å². The van der Waals surface area contributed by atoms with Crippen LogP contribution in [0.25, 0.3) is 0 Å². The van der Waals surface area contributed by atoms with Crippen molar-refractivity contribution in [1.82, 2.24) is 4.98 Å². The highest BCUT2D eigenvalue weighted by atomic mass is 35.5. The Morgan fingerprint density at radius 1 is 0.800 bits per heavy atom. The highest BCUT2D eigenvalue weighted by Crippen LogP contribution is 2.29. The average Bonchev–Trinajstić information content (AvgIpc) is 2.73. The summed E-state index contributed by atoms with van der Waals surface area (Å²) in [6, 6.07) is 18.1. The maximum Gasteiger partial charge on any atom is 0.0849 e. The van der Waals surface area contributed by atoms with Gasteiger partial charge in [0, 0.05) is 0 Å². The highest BCUT2D eigenvalue weighted by Gasteiger charge is 2.09. The normalized spacial score (nSPS) is 12.3. The molecule has 30 heavy (non-hydrogen) atoms. The summed E-state index contributed by atoms with van der Waals surface area (Å²) in [4.78, 5) is 14.5. The van der Waals surface area contributed by atoms with Crippen molar-refractivity contribution in [1.29, 1.82) is 0 Å². The minimum Gasteiger partial charge on any atom is -0.251 e. The first-order valence-electron chi connectivity index (χ1n) is 10.3. The molecule has 0 radical (unpaired) electrons. The molecule has 0 spiro atoms. The molecule has 154 valence electrons. The number of aromatic nitrogens is 1. The molecule has 0 amide bonds. The topological polar surface area (TPSA) is 37.6 Å². The SMILES string of the molecule is CCCc1cccc(C)c1N=C(C)c1cccc(C(C)=Nc2c(C)cccc2Cl)n1. The van der Waals surface area contributed by atoms with Crippen molar-refractivity contribution in [3.8, 4) is 0 Å². The molecule has 0 aliphatic heterocycles. The lowest BCUT2D eigenvalue weighted by Crippen LogP contribution is -2.05. The van der Waals surface area contributed by atoms with E-state index >= 15 is 0 Å². The summed E-state index contributed by atoms with van der Waals surface area (Å²) in [5, 5.41) is 0.645. The first-order chi connectivity index (χ1) is 14.4. The smallest absolute Gasteiger partial charge is 0.0849 e. The standard InChI is InChI=1S/C26H28ClN3/c1-6-10-21-13-7-11-17(2)25(21)28-19(4)23-15-9-16-24(30-23)20(5)29-26-18(3)12-8-14-22(26)27/h7-9,11-16H,6,10H2,1-5H3. The molecule has 3 nitrogen and oxygen atoms in total. The van der Waals surface area contributed by atoms with Gasteiger partial charge in [0.15, 0.2) is 0 Å². The van der Waals surface area contributed by atoms with Crippen LogP contribution in [0.3, 0.4) is 0 Å². The number of aliphatic imine (C=N–C) groups is 2. The number of halogens is 1. The molecular formula is C26H28ClN3. The van der Waals surface area contributed by atoms with Crippen molar-refractivity contribution in [2.24, 2.45) is 9.98 Å². The molecular weight excluding hydrogens is 390 g/mol. The van der Waals surface area contributed by atoms with Crippen LogP contribution in [-0.4, -0.2) is 16.4 Å². The van der Waals surface area contributed by atoms with E-state index in [4.69, 9.17) is 26.6 Å². The van der Waals surface area contributed by atoms with E-state index in [1.165, 1.54) is 11.1 Å². The van der Waals surface area contributed by atoms with E-state index in [9.17, 15) is 0 Å². The van der Waals surface area contributed by atoms with Crippen LogP contribution in [0.2, 0.25) is 5.02 Å². The minimum absolute atomic E-state index is 0.645. The predicted octanol–water partition coefficient (Wildman–Crippen LogP) is 7.59. The number of aryl methyl sites for hydroxylation is 3. The lowest BCUT2D eigenvalue weighted by atomic mass is 10.0. The molecule has 3 rings (SSSR count). The fraction of sp³-hybridized carbons (Fsp3) is 0.269. The van der Waals surface area contributed by atoms with Gasteiger partial charge in [-0.3, -0.25) is 4.99 Å². The number of pyridine rings is 1. The molecule has 0 bridgehead atoms. The van der Waals surface area contributed by atoms with E-state index in [2.05, 4.69) is 32.0 Å². The van der Waals surface area contributed by atoms with Gasteiger partial charge in [-0.2, -0.15) is 0 Å². The van der Waals surface area contributed by atoms with Gasteiger partial charge in [0.05, 0.1) is 39.2 Å². The molecule has 0 saturated carbocycles. The molecule has 0 atom stereocenters. The van der Waals surface area contributed by atoms with Gasteiger partial charge in [-0.1, -0.05) is 61.3 Å². The van der Waals surface area contributed by atoms with Crippen LogP contribution in [0.15, 0.2) is 64.6 Å². The van der Waals surface area contributed by atoms with E-state index in [1.807, 2.05) is 57.2 Å². The van der Waals surface area contributed by atoms with Gasteiger partial charge in [-0.25, -0.2) is 9.98 Å². The molecule has 1 heterocycles. The van der Waals surface area contributed by atoms with E-state index in [0.717, 1.165) is 52.6 Å². The Morgan fingerprint density at radius 2 is 1.33 bits per heavy atom. The van der Waals surface area contributed by atoms with Crippen molar-refractivity contribution < 1.29 is 0 Å². The Labute approximate surface area is 184 Å². The van der Waals surface area contributed by atoms with E-state index in [0.29, 0.717) is 5.02 Å². The van der Waals surface area contributed by atoms with E-state index < -0.39 is 0 Å². The summed E-state index contributed by atoms with van der Waals surface area (Å²) < 4.78 is 0. The molecule has 0 saturated heterocycles. The Kier molecular flexibility index (Phi) is 7.17. The second-order valence-corrected chi connectivity index (χ2v) is 7.95. The molecule has 0 fully saturated rings. The Morgan fingerprint density at radius 3 is 1.93 bits per heavy atom. The third kappa shape index (κ3) is 5.03. The second kappa shape index (κ2) is 9.82. The third-order valence-electron chi connectivity index (χ3n) is 5.08. The molecule has 0 aliphatic rings. The summed E-state index contributed by atoms with van der Waals surface area (Å²) >= 11 is 6.34. The van der Waals surface area contributed by atoms with Crippen molar-refractivity contribution >= 4 is 34.4 Å². The number of rotatable bonds is 6. The van der Waals surface area contributed by atoms with Crippen LogP contribution in [-0.2, 0) is 6.42 Å². The zero-order valence-corrected chi connectivity index (χ0v) is 19.1. The number of hydrogen-bond donors (Lipinski definition) is 0. The molecule has 4 heteroatoms.